The van der Waals surface area contributed by atoms with Crippen LogP contribution >= 0.6 is 0 Å². The summed E-state index contributed by atoms with van der Waals surface area (Å²) in [6, 6.07) is -8.13. The highest BCUT2D eigenvalue weighted by atomic mass is 16.7. The number of hydrogen-bond donors (Lipinski definition) is 26. The van der Waals surface area contributed by atoms with E-state index in [0.29, 0.717) is 32.1 Å². The van der Waals surface area contributed by atoms with Crippen LogP contribution in [0.1, 0.15) is 110 Å². The first-order chi connectivity index (χ1) is 49.4. The maximum atomic E-state index is 14.2. The summed E-state index contributed by atoms with van der Waals surface area (Å²) in [5.74, 6) is -9.11. The van der Waals surface area contributed by atoms with Gasteiger partial charge in [0, 0.05) is 46.0 Å². The van der Waals surface area contributed by atoms with Gasteiger partial charge in [-0.1, -0.05) is 0 Å². The SMILES string of the molecule is C[C@H](NC(=O)[C@H](CCCCNC(=O)C[C@@H]1O[C@H](CO)[C@@H](O)[C@H](O)[C@H]1O)NC(=O)C[C@H](NC(=O)C[C@H](NC(=O)C[C@H](N)C(=O)NCCCCCO[C@H]1O[C@H](CO)[C@@H](O)[C@H](O)[C@@H]1O)C(=O)NCCCCCO[C@@H]1O[C@H](CO)[C@@H](O)[C@H](O)[C@H]1O)C(=O)NCCCCCO[C@@H]1O[C@H](CO)[C@H](O)[C@H](O)[C@H]1O)C(=O)O. The summed E-state index contributed by atoms with van der Waals surface area (Å²) in [5.41, 5.74) is 6.10. The summed E-state index contributed by atoms with van der Waals surface area (Å²) in [4.78, 5) is 121. The highest BCUT2D eigenvalue weighted by Crippen LogP contribution is 2.27. The van der Waals surface area contributed by atoms with Crippen molar-refractivity contribution < 1.29 is 163 Å². The molecule has 4 heterocycles. The molecule has 8 amide bonds. The molecule has 0 aromatic heterocycles. The Hall–Kier alpha value is -5.73. The molecule has 0 unspecified atom stereocenters. The molecule has 4 aliphatic heterocycles. The van der Waals surface area contributed by atoms with E-state index >= 15 is 0 Å². The second-order valence-corrected chi connectivity index (χ2v) is 25.8. The van der Waals surface area contributed by atoms with Gasteiger partial charge in [0.2, 0.25) is 47.3 Å². The Morgan fingerprint density at radius 2 is 0.683 bits per heavy atom. The second-order valence-electron chi connectivity index (χ2n) is 25.8. The van der Waals surface area contributed by atoms with Crippen LogP contribution in [0, 0.1) is 0 Å². The minimum Gasteiger partial charge on any atom is -0.480 e. The fourth-order valence-corrected chi connectivity index (χ4v) is 11.2. The standard InChI is InChI=1S/C62H109N9O33/c1-29(59(96)97)68-58(95)31(13-5-9-14-64-39(76)24-34-43(80)48(85)44(81)35(25-72)101-34)69-41(78)22-33(57(94)67-17-8-4-12-20-100-62-54(91)51(88)47(84)38(28-75)104-62)71-42(79)23-32(56(93)66-16-7-3-11-19-99-61-53(90)50(87)46(83)37(27-74)103-61)70-40(77)21-30(63)55(92)65-15-6-2-10-18-98-60-52(89)49(86)45(82)36(26-73)102-60/h29-38,43-54,60-62,72-75,80-91H,2-28,63H2,1H3,(H,64,76)(H,65,92)(H,66,93)(H,67,94)(H,68,95)(H,69,78)(H,70,77)(H,71,79)(H,96,97)/t29-,30-,31-,32-,33-,34-,35+,36+,37+,38+,43-,44+,45+,46+,47-,48+,49-,50-,51-,52-,53+,54+,60-,61+,62+/m0/s1. The number of hydrogen-bond acceptors (Lipinski definition) is 33. The molecule has 4 rings (SSSR count). The lowest BCUT2D eigenvalue weighted by atomic mass is 9.93. The van der Waals surface area contributed by atoms with Crippen molar-refractivity contribution in [2.24, 2.45) is 5.73 Å². The number of carboxylic acids is 1. The molecule has 0 aliphatic carbocycles. The molecule has 4 fully saturated rings. The van der Waals surface area contributed by atoms with Crippen molar-refractivity contribution in [3.05, 3.63) is 0 Å². The maximum Gasteiger partial charge on any atom is 0.325 e. The van der Waals surface area contributed by atoms with Crippen LogP contribution in [0.5, 0.6) is 0 Å². The Morgan fingerprint density at radius 1 is 0.356 bits per heavy atom. The molecule has 42 heteroatoms. The zero-order valence-corrected chi connectivity index (χ0v) is 57.7. The lowest BCUT2D eigenvalue weighted by Crippen LogP contribution is -2.59. The summed E-state index contributed by atoms with van der Waals surface area (Å²) in [6.07, 6.45) is -30.6. The van der Waals surface area contributed by atoms with Gasteiger partial charge in [0.05, 0.1) is 64.3 Å². The fraction of sp³-hybridized carbons (Fsp3) is 0.855. The number of nitrogens with two attached hydrogens (primary N) is 1. The molecule has 0 aromatic carbocycles. The molecule has 104 heavy (non-hydrogen) atoms. The molecule has 0 saturated carbocycles. The van der Waals surface area contributed by atoms with E-state index in [1.54, 1.807) is 0 Å². The highest BCUT2D eigenvalue weighted by Gasteiger charge is 2.48. The van der Waals surface area contributed by atoms with Gasteiger partial charge in [0.1, 0.15) is 122 Å². The van der Waals surface area contributed by atoms with Crippen LogP contribution in [0.3, 0.4) is 0 Å². The van der Waals surface area contributed by atoms with Gasteiger partial charge in [-0.3, -0.25) is 43.2 Å². The number of carbonyl (C=O) groups excluding carboxylic acids is 8. The average molecular weight is 1510 g/mol. The van der Waals surface area contributed by atoms with Crippen LogP contribution < -0.4 is 48.3 Å². The van der Waals surface area contributed by atoms with Crippen molar-refractivity contribution in [2.75, 3.05) is 72.4 Å². The molecule has 0 radical (unpaired) electrons. The summed E-state index contributed by atoms with van der Waals surface area (Å²) >= 11 is 0. The van der Waals surface area contributed by atoms with E-state index in [9.17, 15) is 130 Å². The van der Waals surface area contributed by atoms with Crippen molar-refractivity contribution in [1.29, 1.82) is 0 Å². The predicted octanol–water partition coefficient (Wildman–Crippen LogP) is -12.6. The van der Waals surface area contributed by atoms with Gasteiger partial charge in [0.15, 0.2) is 18.9 Å². The van der Waals surface area contributed by atoms with Crippen LogP contribution in [0.2, 0.25) is 0 Å². The zero-order chi connectivity index (χ0) is 77.3. The summed E-state index contributed by atoms with van der Waals surface area (Å²) in [6.45, 7) is -2.01. The average Bonchev–Trinajstić information content (AvgIpc) is 0.835. The van der Waals surface area contributed by atoms with Gasteiger partial charge in [-0.05, 0) is 84.0 Å². The lowest BCUT2D eigenvalue weighted by molar-refractivity contribution is -0.301. The highest BCUT2D eigenvalue weighted by molar-refractivity contribution is 5.97. The third-order valence-electron chi connectivity index (χ3n) is 17.6. The van der Waals surface area contributed by atoms with Gasteiger partial charge in [0.25, 0.3) is 0 Å². The van der Waals surface area contributed by atoms with Crippen molar-refractivity contribution in [1.82, 2.24) is 42.5 Å². The van der Waals surface area contributed by atoms with Crippen LogP contribution in [0.25, 0.3) is 0 Å². The van der Waals surface area contributed by atoms with Crippen LogP contribution in [-0.2, 0) is 76.3 Å². The number of unbranched alkanes of at least 4 members (excludes halogenated alkanes) is 7. The largest absolute Gasteiger partial charge is 0.480 e. The Balaban J connectivity index is 1.46. The third-order valence-corrected chi connectivity index (χ3v) is 17.6. The topological polar surface area (TPSA) is 684 Å². The molecular formula is C62H109N9O33. The molecule has 0 spiro atoms. The number of carbonyl (C=O) groups is 9. The number of ether oxygens (including phenoxy) is 7. The summed E-state index contributed by atoms with van der Waals surface area (Å²) < 4.78 is 37.9. The number of rotatable bonds is 47. The minimum absolute atomic E-state index is 0.00563. The Morgan fingerprint density at radius 3 is 1.07 bits per heavy atom. The number of aliphatic hydroxyl groups excluding tert-OH is 16. The molecular weight excluding hydrogens is 1400 g/mol. The molecule has 25 atom stereocenters. The quantitative estimate of drug-likeness (QED) is 0.0252. The van der Waals surface area contributed by atoms with Gasteiger partial charge < -0.3 is 168 Å². The molecule has 0 aromatic rings. The van der Waals surface area contributed by atoms with Crippen LogP contribution in [0.4, 0.5) is 0 Å². The molecule has 4 aliphatic rings. The summed E-state index contributed by atoms with van der Waals surface area (Å²) in [5, 5.41) is 189. The normalized spacial score (nSPS) is 30.6. The number of nitrogens with one attached hydrogen (secondary N) is 8. The van der Waals surface area contributed by atoms with E-state index < -0.39 is 258 Å². The van der Waals surface area contributed by atoms with Crippen molar-refractivity contribution in [2.45, 2.75) is 263 Å². The zero-order valence-electron chi connectivity index (χ0n) is 57.7. The number of aliphatic carboxylic acids is 1. The van der Waals surface area contributed by atoms with E-state index in [2.05, 4.69) is 42.5 Å². The molecule has 0 bridgehead atoms. The molecule has 42 nitrogen and oxygen atoms in total. The van der Waals surface area contributed by atoms with E-state index in [1.165, 1.54) is 0 Å². The molecule has 27 N–H and O–H groups in total. The first-order valence-electron chi connectivity index (χ1n) is 34.7. The fourth-order valence-electron chi connectivity index (χ4n) is 11.2. The van der Waals surface area contributed by atoms with Gasteiger partial charge >= 0.3 is 5.97 Å². The Labute approximate surface area is 597 Å². The number of carboxylic acid groups (broad SMARTS) is 1. The predicted molar refractivity (Wildman–Crippen MR) is 348 cm³/mol. The summed E-state index contributed by atoms with van der Waals surface area (Å²) in [7, 11) is 0. The van der Waals surface area contributed by atoms with Gasteiger partial charge in [-0.15, -0.1) is 0 Å². The molecule has 4 saturated heterocycles. The van der Waals surface area contributed by atoms with Crippen LogP contribution in [0.15, 0.2) is 0 Å². The van der Waals surface area contributed by atoms with E-state index in [0.717, 1.165) is 6.92 Å². The number of aliphatic hydroxyl groups is 16. The van der Waals surface area contributed by atoms with Crippen molar-refractivity contribution >= 4 is 53.2 Å². The van der Waals surface area contributed by atoms with E-state index in [-0.39, 0.29) is 90.9 Å². The smallest absolute Gasteiger partial charge is 0.325 e. The van der Waals surface area contributed by atoms with E-state index in [4.69, 9.17) is 38.9 Å². The van der Waals surface area contributed by atoms with Gasteiger partial charge in [-0.25, -0.2) is 0 Å². The van der Waals surface area contributed by atoms with Crippen molar-refractivity contribution in [3.8, 4) is 0 Å². The van der Waals surface area contributed by atoms with Gasteiger partial charge in [-0.2, -0.15) is 0 Å². The Bertz CT molecular complexity index is 2630. The Kier molecular flexibility index (Phi) is 41.1. The monoisotopic (exact) mass is 1510 g/mol. The first kappa shape index (κ1) is 90.7. The maximum absolute atomic E-state index is 14.2. The lowest BCUT2D eigenvalue weighted by Gasteiger charge is -2.39. The number of amides is 8. The van der Waals surface area contributed by atoms with Crippen molar-refractivity contribution in [3.63, 3.8) is 0 Å². The first-order valence-corrected chi connectivity index (χ1v) is 34.7. The third kappa shape index (κ3) is 29.4. The van der Waals surface area contributed by atoms with Crippen LogP contribution in [-0.4, -0.2) is 365 Å². The molecule has 600 valence electrons. The minimum atomic E-state index is -1.82. The second kappa shape index (κ2) is 47.2. The van der Waals surface area contributed by atoms with E-state index in [1.807, 2.05) is 0 Å².